The van der Waals surface area contributed by atoms with E-state index in [0.717, 1.165) is 24.8 Å². The summed E-state index contributed by atoms with van der Waals surface area (Å²) < 4.78 is 4.99. The van der Waals surface area contributed by atoms with Crippen molar-refractivity contribution in [1.29, 1.82) is 0 Å². The number of ether oxygens (including phenoxy) is 1. The molecule has 4 rings (SSSR count). The Hall–Kier alpha value is -2.41. The molecule has 2 bridgehead atoms. The highest BCUT2D eigenvalue weighted by Crippen LogP contribution is 2.56. The molecule has 0 aromatic heterocycles. The maximum absolute atomic E-state index is 12.6. The van der Waals surface area contributed by atoms with Gasteiger partial charge in [0.2, 0.25) is 11.8 Å². The van der Waals surface area contributed by atoms with E-state index in [2.05, 4.69) is 5.32 Å². The van der Waals surface area contributed by atoms with Crippen LogP contribution in [-0.2, 0) is 23.9 Å². The van der Waals surface area contributed by atoms with Crippen molar-refractivity contribution >= 4 is 41.0 Å². The molecular formula is C21H23ClN2O5. The highest BCUT2D eigenvalue weighted by atomic mass is 35.5. The molecule has 3 fully saturated rings. The number of rotatable bonds is 6. The molecule has 1 saturated heterocycles. The lowest BCUT2D eigenvalue weighted by Gasteiger charge is -2.19. The summed E-state index contributed by atoms with van der Waals surface area (Å²) in [5, 5.41) is 3.17. The first kappa shape index (κ1) is 19.9. The molecule has 0 spiro atoms. The number of nitrogens with zero attached hydrogens (tertiary/aromatic N) is 1. The Labute approximate surface area is 173 Å². The van der Waals surface area contributed by atoms with Gasteiger partial charge in [-0.15, -0.1) is 0 Å². The minimum absolute atomic E-state index is 0.0119. The van der Waals surface area contributed by atoms with Gasteiger partial charge in [0.1, 0.15) is 0 Å². The third kappa shape index (κ3) is 3.64. The van der Waals surface area contributed by atoms with Gasteiger partial charge in [-0.25, -0.2) is 0 Å². The van der Waals surface area contributed by atoms with Crippen LogP contribution in [0.4, 0.5) is 5.69 Å². The summed E-state index contributed by atoms with van der Waals surface area (Å²) in [4.78, 5) is 50.4. The summed E-state index contributed by atoms with van der Waals surface area (Å²) in [6.07, 6.45) is 2.89. The van der Waals surface area contributed by atoms with Crippen LogP contribution >= 0.6 is 11.6 Å². The molecular weight excluding hydrogens is 396 g/mol. The SMILES string of the molecule is Cc1c(Cl)cccc1NC(=O)COC(=O)CCN1C(=O)[C@H]2[C@H]3CC[C@@H](C3)[C@@H]2C1=O. The number of benzene rings is 1. The molecule has 154 valence electrons. The minimum atomic E-state index is -0.622. The number of nitrogens with one attached hydrogen (secondary N) is 1. The maximum atomic E-state index is 12.6. The zero-order chi connectivity index (χ0) is 20.7. The summed E-state index contributed by atoms with van der Waals surface area (Å²) in [5.74, 6) is -1.14. The van der Waals surface area contributed by atoms with Crippen molar-refractivity contribution < 1.29 is 23.9 Å². The van der Waals surface area contributed by atoms with Gasteiger partial charge in [0, 0.05) is 17.3 Å². The highest BCUT2D eigenvalue weighted by Gasteiger charge is 2.60. The molecule has 29 heavy (non-hydrogen) atoms. The van der Waals surface area contributed by atoms with Crippen LogP contribution in [0.3, 0.4) is 0 Å². The zero-order valence-electron chi connectivity index (χ0n) is 16.2. The minimum Gasteiger partial charge on any atom is -0.456 e. The number of carbonyl (C=O) groups is 4. The van der Waals surface area contributed by atoms with E-state index in [1.54, 1.807) is 25.1 Å². The van der Waals surface area contributed by atoms with Crippen LogP contribution in [0, 0.1) is 30.6 Å². The first-order chi connectivity index (χ1) is 13.9. The van der Waals surface area contributed by atoms with Crippen LogP contribution in [0.25, 0.3) is 0 Å². The van der Waals surface area contributed by atoms with Gasteiger partial charge in [0.25, 0.3) is 5.91 Å². The molecule has 1 aromatic carbocycles. The predicted octanol–water partition coefficient (Wildman–Crippen LogP) is 2.55. The van der Waals surface area contributed by atoms with E-state index in [1.807, 2.05) is 0 Å². The summed E-state index contributed by atoms with van der Waals surface area (Å²) >= 11 is 6.01. The second kappa shape index (κ2) is 7.78. The summed E-state index contributed by atoms with van der Waals surface area (Å²) in [5.41, 5.74) is 1.27. The number of esters is 1. The highest BCUT2D eigenvalue weighted by molar-refractivity contribution is 6.31. The molecule has 2 saturated carbocycles. The first-order valence-corrected chi connectivity index (χ1v) is 10.3. The fraction of sp³-hybridized carbons (Fsp3) is 0.524. The Kier molecular flexibility index (Phi) is 5.34. The molecule has 1 N–H and O–H groups in total. The average Bonchev–Trinajstić information content (AvgIpc) is 3.37. The molecule has 7 nitrogen and oxygen atoms in total. The van der Waals surface area contributed by atoms with Crippen molar-refractivity contribution in [2.75, 3.05) is 18.5 Å². The summed E-state index contributed by atoms with van der Waals surface area (Å²) in [7, 11) is 0. The van der Waals surface area contributed by atoms with Crippen LogP contribution in [0.15, 0.2) is 18.2 Å². The number of amides is 3. The largest absolute Gasteiger partial charge is 0.456 e. The number of hydrogen-bond donors (Lipinski definition) is 1. The van der Waals surface area contributed by atoms with E-state index in [9.17, 15) is 19.2 Å². The van der Waals surface area contributed by atoms with E-state index < -0.39 is 18.5 Å². The van der Waals surface area contributed by atoms with Crippen molar-refractivity contribution in [3.63, 3.8) is 0 Å². The number of hydrogen-bond acceptors (Lipinski definition) is 5. The molecule has 8 heteroatoms. The van der Waals surface area contributed by atoms with Crippen molar-refractivity contribution in [2.24, 2.45) is 23.7 Å². The lowest BCUT2D eigenvalue weighted by Crippen LogP contribution is -2.35. The molecule has 0 radical (unpaired) electrons. The number of imide groups is 1. The Bertz CT molecular complexity index is 858. The molecule has 4 atom stereocenters. The quantitative estimate of drug-likeness (QED) is 0.566. The van der Waals surface area contributed by atoms with Gasteiger partial charge in [0.05, 0.1) is 18.3 Å². The van der Waals surface area contributed by atoms with Gasteiger partial charge in [-0.1, -0.05) is 17.7 Å². The van der Waals surface area contributed by atoms with Gasteiger partial charge in [-0.05, 0) is 55.7 Å². The van der Waals surface area contributed by atoms with Crippen LogP contribution in [0.1, 0.15) is 31.2 Å². The van der Waals surface area contributed by atoms with Gasteiger partial charge < -0.3 is 10.1 Å². The third-order valence-electron chi connectivity index (χ3n) is 6.46. The number of anilines is 1. The van der Waals surface area contributed by atoms with Gasteiger partial charge in [-0.3, -0.25) is 24.1 Å². The van der Waals surface area contributed by atoms with E-state index in [1.165, 1.54) is 4.90 Å². The maximum Gasteiger partial charge on any atom is 0.308 e. The first-order valence-electron chi connectivity index (χ1n) is 9.92. The number of halogens is 1. The predicted molar refractivity (Wildman–Crippen MR) is 105 cm³/mol. The van der Waals surface area contributed by atoms with Crippen molar-refractivity contribution in [1.82, 2.24) is 4.90 Å². The summed E-state index contributed by atoms with van der Waals surface area (Å²) in [6.45, 7) is 1.34. The zero-order valence-corrected chi connectivity index (χ0v) is 16.9. The smallest absolute Gasteiger partial charge is 0.308 e. The van der Waals surface area contributed by atoms with Crippen LogP contribution < -0.4 is 5.32 Å². The lowest BCUT2D eigenvalue weighted by atomic mass is 9.81. The molecule has 3 amide bonds. The van der Waals surface area contributed by atoms with Gasteiger partial charge in [-0.2, -0.15) is 0 Å². The number of fused-ring (bicyclic) bond motifs is 5. The van der Waals surface area contributed by atoms with Crippen LogP contribution in [0.2, 0.25) is 5.02 Å². The van der Waals surface area contributed by atoms with Crippen molar-refractivity contribution in [2.45, 2.75) is 32.6 Å². The number of likely N-dealkylation sites (tertiary alicyclic amines) is 1. The Morgan fingerprint density at radius 2 is 1.83 bits per heavy atom. The van der Waals surface area contributed by atoms with E-state index in [-0.39, 0.29) is 36.6 Å². The molecule has 0 unspecified atom stereocenters. The van der Waals surface area contributed by atoms with Crippen LogP contribution in [0.5, 0.6) is 0 Å². The molecule has 1 aliphatic heterocycles. The van der Waals surface area contributed by atoms with Gasteiger partial charge >= 0.3 is 5.97 Å². The Morgan fingerprint density at radius 3 is 2.48 bits per heavy atom. The fourth-order valence-corrected chi connectivity index (χ4v) is 5.22. The van der Waals surface area contributed by atoms with Crippen LogP contribution in [-0.4, -0.2) is 41.7 Å². The third-order valence-corrected chi connectivity index (χ3v) is 6.87. The second-order valence-electron chi connectivity index (χ2n) is 8.08. The second-order valence-corrected chi connectivity index (χ2v) is 8.49. The molecule has 2 aliphatic carbocycles. The normalized spacial score (nSPS) is 27.3. The fourth-order valence-electron chi connectivity index (χ4n) is 5.04. The lowest BCUT2D eigenvalue weighted by molar-refractivity contribution is -0.149. The van der Waals surface area contributed by atoms with Gasteiger partial charge in [0.15, 0.2) is 6.61 Å². The van der Waals surface area contributed by atoms with E-state index in [0.29, 0.717) is 22.5 Å². The Balaban J connectivity index is 1.24. The standard InChI is InChI=1S/C21H23ClN2O5/c1-11-14(22)3-2-4-15(11)23-16(25)10-29-17(26)7-8-24-20(27)18-12-5-6-13(9-12)19(18)21(24)28/h2-4,12-13,18-19H,5-10H2,1H3,(H,23,25)/t12-,13-,18-,19-/m0/s1. The van der Waals surface area contributed by atoms with Crippen molar-refractivity contribution in [3.05, 3.63) is 28.8 Å². The van der Waals surface area contributed by atoms with Crippen molar-refractivity contribution in [3.8, 4) is 0 Å². The summed E-state index contributed by atoms with van der Waals surface area (Å²) in [6, 6.07) is 5.13. The molecule has 1 heterocycles. The van der Waals surface area contributed by atoms with E-state index in [4.69, 9.17) is 16.3 Å². The average molecular weight is 419 g/mol. The molecule has 3 aliphatic rings. The van der Waals surface area contributed by atoms with E-state index >= 15 is 0 Å². The topological polar surface area (TPSA) is 92.8 Å². The number of carbonyl (C=O) groups excluding carboxylic acids is 4. The monoisotopic (exact) mass is 418 g/mol. The Morgan fingerprint density at radius 1 is 1.17 bits per heavy atom. The molecule has 1 aromatic rings.